The SMILES string of the molecule is Cc1cccc(CNC(=O)Cc2ccc3c(c2)N(C)C(=O)CCO3)c1. The van der Waals surface area contributed by atoms with Gasteiger partial charge in [-0.3, -0.25) is 9.59 Å². The maximum atomic E-state index is 12.2. The van der Waals surface area contributed by atoms with Gasteiger partial charge in [-0.15, -0.1) is 0 Å². The highest BCUT2D eigenvalue weighted by molar-refractivity contribution is 5.95. The number of nitrogens with one attached hydrogen (secondary N) is 1. The summed E-state index contributed by atoms with van der Waals surface area (Å²) in [6.07, 6.45) is 0.624. The average molecular weight is 338 g/mol. The second-order valence-electron chi connectivity index (χ2n) is 6.30. The van der Waals surface area contributed by atoms with Crippen LogP contribution in [0.15, 0.2) is 42.5 Å². The molecule has 0 saturated heterocycles. The van der Waals surface area contributed by atoms with Crippen molar-refractivity contribution in [2.75, 3.05) is 18.6 Å². The lowest BCUT2D eigenvalue weighted by Crippen LogP contribution is -2.26. The lowest BCUT2D eigenvalue weighted by molar-refractivity contribution is -0.120. The summed E-state index contributed by atoms with van der Waals surface area (Å²) in [6, 6.07) is 13.6. The number of benzene rings is 2. The van der Waals surface area contributed by atoms with E-state index in [2.05, 4.69) is 11.4 Å². The number of fused-ring (bicyclic) bond motifs is 1. The molecule has 2 aromatic carbocycles. The molecule has 0 radical (unpaired) electrons. The third-order valence-corrected chi connectivity index (χ3v) is 4.27. The van der Waals surface area contributed by atoms with E-state index in [0.717, 1.165) is 11.1 Å². The van der Waals surface area contributed by atoms with Crippen LogP contribution in [0.5, 0.6) is 5.75 Å². The fourth-order valence-electron chi connectivity index (χ4n) is 2.88. The Labute approximate surface area is 147 Å². The number of nitrogens with zero attached hydrogens (tertiary/aromatic N) is 1. The molecule has 1 heterocycles. The van der Waals surface area contributed by atoms with Gasteiger partial charge in [0.05, 0.1) is 25.1 Å². The van der Waals surface area contributed by atoms with E-state index in [4.69, 9.17) is 4.74 Å². The van der Waals surface area contributed by atoms with Crippen molar-refractivity contribution in [3.63, 3.8) is 0 Å². The molecule has 0 bridgehead atoms. The first-order valence-electron chi connectivity index (χ1n) is 8.37. The van der Waals surface area contributed by atoms with E-state index >= 15 is 0 Å². The van der Waals surface area contributed by atoms with E-state index in [0.29, 0.717) is 31.0 Å². The van der Waals surface area contributed by atoms with Gasteiger partial charge in [0.25, 0.3) is 0 Å². The molecular weight excluding hydrogens is 316 g/mol. The molecule has 2 aromatic rings. The third kappa shape index (κ3) is 4.18. The zero-order valence-electron chi connectivity index (χ0n) is 14.5. The van der Waals surface area contributed by atoms with Crippen molar-refractivity contribution in [2.24, 2.45) is 0 Å². The monoisotopic (exact) mass is 338 g/mol. The predicted octanol–water partition coefficient (Wildman–Crippen LogP) is 2.60. The van der Waals surface area contributed by atoms with Crippen LogP contribution in [0.1, 0.15) is 23.1 Å². The topological polar surface area (TPSA) is 58.6 Å². The second kappa shape index (κ2) is 7.38. The van der Waals surface area contributed by atoms with Crippen molar-refractivity contribution in [1.82, 2.24) is 5.32 Å². The average Bonchev–Trinajstić information content (AvgIpc) is 2.73. The van der Waals surface area contributed by atoms with Crippen LogP contribution < -0.4 is 15.0 Å². The number of aryl methyl sites for hydroxylation is 1. The Kier molecular flexibility index (Phi) is 5.03. The van der Waals surface area contributed by atoms with Crippen LogP contribution in [0.25, 0.3) is 0 Å². The van der Waals surface area contributed by atoms with E-state index in [1.165, 1.54) is 5.56 Å². The molecule has 130 valence electrons. The van der Waals surface area contributed by atoms with Crippen LogP contribution in [-0.2, 0) is 22.6 Å². The highest BCUT2D eigenvalue weighted by Gasteiger charge is 2.20. The molecule has 0 atom stereocenters. The molecular formula is C20H22N2O3. The Hall–Kier alpha value is -2.82. The van der Waals surface area contributed by atoms with Gasteiger partial charge in [0.2, 0.25) is 11.8 Å². The Balaban J connectivity index is 1.65. The van der Waals surface area contributed by atoms with Crippen molar-refractivity contribution >= 4 is 17.5 Å². The van der Waals surface area contributed by atoms with E-state index < -0.39 is 0 Å². The lowest BCUT2D eigenvalue weighted by Gasteiger charge is -2.17. The minimum absolute atomic E-state index is 0.0137. The number of ether oxygens (including phenoxy) is 1. The molecule has 0 saturated carbocycles. The van der Waals surface area contributed by atoms with Gasteiger partial charge in [0, 0.05) is 13.6 Å². The number of carbonyl (C=O) groups excluding carboxylic acids is 2. The molecule has 5 nitrogen and oxygen atoms in total. The van der Waals surface area contributed by atoms with Crippen LogP contribution in [-0.4, -0.2) is 25.5 Å². The van der Waals surface area contributed by atoms with Gasteiger partial charge < -0.3 is 15.0 Å². The number of hydrogen-bond acceptors (Lipinski definition) is 3. The van der Waals surface area contributed by atoms with Gasteiger partial charge in [-0.2, -0.15) is 0 Å². The summed E-state index contributed by atoms with van der Waals surface area (Å²) >= 11 is 0. The standard InChI is InChI=1S/C20H22N2O3/c1-14-4-3-5-16(10-14)13-21-19(23)12-15-6-7-18-17(11-15)22(2)20(24)8-9-25-18/h3-7,10-11H,8-9,12-13H2,1-2H3,(H,21,23). The highest BCUT2D eigenvalue weighted by atomic mass is 16.5. The number of carbonyl (C=O) groups is 2. The van der Waals surface area contributed by atoms with E-state index in [-0.39, 0.29) is 18.2 Å². The van der Waals surface area contributed by atoms with Crippen LogP contribution in [0.2, 0.25) is 0 Å². The minimum Gasteiger partial charge on any atom is -0.491 e. The first-order valence-corrected chi connectivity index (χ1v) is 8.37. The molecule has 0 aromatic heterocycles. The van der Waals surface area contributed by atoms with E-state index in [9.17, 15) is 9.59 Å². The molecule has 0 spiro atoms. The third-order valence-electron chi connectivity index (χ3n) is 4.27. The normalized spacial score (nSPS) is 13.7. The number of amides is 2. The van der Waals surface area contributed by atoms with Gasteiger partial charge >= 0.3 is 0 Å². The Morgan fingerprint density at radius 3 is 2.84 bits per heavy atom. The van der Waals surface area contributed by atoms with Crippen molar-refractivity contribution in [3.8, 4) is 5.75 Å². The number of hydrogen-bond donors (Lipinski definition) is 1. The van der Waals surface area contributed by atoms with E-state index in [1.54, 1.807) is 11.9 Å². The van der Waals surface area contributed by atoms with Crippen molar-refractivity contribution < 1.29 is 14.3 Å². The molecule has 2 amide bonds. The first-order chi connectivity index (χ1) is 12.0. The minimum atomic E-state index is -0.0509. The van der Waals surface area contributed by atoms with Crippen LogP contribution in [0.4, 0.5) is 5.69 Å². The van der Waals surface area contributed by atoms with Gasteiger partial charge in [0.1, 0.15) is 5.75 Å². The quantitative estimate of drug-likeness (QED) is 0.932. The fraction of sp³-hybridized carbons (Fsp3) is 0.300. The van der Waals surface area contributed by atoms with Crippen molar-refractivity contribution in [2.45, 2.75) is 26.3 Å². The lowest BCUT2D eigenvalue weighted by atomic mass is 10.1. The summed E-state index contributed by atoms with van der Waals surface area (Å²) < 4.78 is 5.60. The molecule has 3 rings (SSSR count). The first kappa shape index (κ1) is 17.0. The Morgan fingerprint density at radius 1 is 1.20 bits per heavy atom. The zero-order chi connectivity index (χ0) is 17.8. The maximum absolute atomic E-state index is 12.2. The highest BCUT2D eigenvalue weighted by Crippen LogP contribution is 2.31. The summed E-state index contributed by atoms with van der Waals surface area (Å²) in [5.74, 6) is 0.641. The smallest absolute Gasteiger partial charge is 0.230 e. The van der Waals surface area contributed by atoms with Gasteiger partial charge in [-0.1, -0.05) is 35.9 Å². The molecule has 0 unspecified atom stereocenters. The van der Waals surface area contributed by atoms with Crippen molar-refractivity contribution in [3.05, 3.63) is 59.2 Å². The molecule has 1 aliphatic heterocycles. The molecule has 25 heavy (non-hydrogen) atoms. The van der Waals surface area contributed by atoms with Gasteiger partial charge in [-0.25, -0.2) is 0 Å². The zero-order valence-corrected chi connectivity index (χ0v) is 14.5. The molecule has 5 heteroatoms. The largest absolute Gasteiger partial charge is 0.491 e. The number of rotatable bonds is 4. The molecule has 0 fully saturated rings. The van der Waals surface area contributed by atoms with Crippen molar-refractivity contribution in [1.29, 1.82) is 0 Å². The molecule has 1 N–H and O–H groups in total. The molecule has 1 aliphatic rings. The maximum Gasteiger partial charge on any atom is 0.230 e. The molecule has 0 aliphatic carbocycles. The summed E-state index contributed by atoms with van der Waals surface area (Å²) in [6.45, 7) is 2.92. The summed E-state index contributed by atoms with van der Waals surface area (Å²) in [4.78, 5) is 25.8. The van der Waals surface area contributed by atoms with Gasteiger partial charge in [0.15, 0.2) is 0 Å². The van der Waals surface area contributed by atoms with E-state index in [1.807, 2.05) is 43.3 Å². The second-order valence-corrected chi connectivity index (χ2v) is 6.30. The summed E-state index contributed by atoms with van der Waals surface area (Å²) in [5, 5.41) is 2.94. The summed E-state index contributed by atoms with van der Waals surface area (Å²) in [5.41, 5.74) is 3.82. The number of anilines is 1. The van der Waals surface area contributed by atoms with Crippen LogP contribution in [0, 0.1) is 6.92 Å². The Morgan fingerprint density at radius 2 is 2.04 bits per heavy atom. The van der Waals surface area contributed by atoms with Crippen LogP contribution in [0.3, 0.4) is 0 Å². The summed E-state index contributed by atoms with van der Waals surface area (Å²) in [7, 11) is 1.73. The van der Waals surface area contributed by atoms with Gasteiger partial charge in [-0.05, 0) is 30.2 Å². The fourth-order valence-corrected chi connectivity index (χ4v) is 2.88. The van der Waals surface area contributed by atoms with Crippen LogP contribution >= 0.6 is 0 Å². The predicted molar refractivity (Wildman–Crippen MR) is 96.7 cm³/mol. The Bertz CT molecular complexity index is 801.